The standard InChI is InChI=1S/C17H14FNO2/c1-19(17(20)13-6-4-7-14(18)9-13)11-15-10-12-5-2-3-8-16(12)21-15/h2-10H,11H2,1H3. The average molecular weight is 283 g/mol. The van der Waals surface area contributed by atoms with E-state index in [-0.39, 0.29) is 5.91 Å². The van der Waals surface area contributed by atoms with Crippen LogP contribution in [0.2, 0.25) is 0 Å². The Kier molecular flexibility index (Phi) is 3.44. The van der Waals surface area contributed by atoms with Crippen LogP contribution >= 0.6 is 0 Å². The van der Waals surface area contributed by atoms with Crippen LogP contribution in [0.15, 0.2) is 59.0 Å². The van der Waals surface area contributed by atoms with E-state index in [0.29, 0.717) is 17.9 Å². The van der Waals surface area contributed by atoms with E-state index >= 15 is 0 Å². The largest absolute Gasteiger partial charge is 0.459 e. The van der Waals surface area contributed by atoms with Gasteiger partial charge >= 0.3 is 0 Å². The fraction of sp³-hybridized carbons (Fsp3) is 0.118. The second kappa shape index (κ2) is 5.40. The molecule has 0 saturated heterocycles. The van der Waals surface area contributed by atoms with Crippen molar-refractivity contribution in [1.82, 2.24) is 4.90 Å². The maximum atomic E-state index is 13.2. The van der Waals surface area contributed by atoms with E-state index in [1.54, 1.807) is 13.1 Å². The van der Waals surface area contributed by atoms with Crippen LogP contribution in [-0.4, -0.2) is 17.9 Å². The molecule has 3 nitrogen and oxygen atoms in total. The number of hydrogen-bond donors (Lipinski definition) is 0. The molecule has 106 valence electrons. The van der Waals surface area contributed by atoms with Crippen LogP contribution in [0.4, 0.5) is 4.39 Å². The molecule has 0 aliphatic rings. The zero-order chi connectivity index (χ0) is 14.8. The predicted molar refractivity (Wildman–Crippen MR) is 78.4 cm³/mol. The van der Waals surface area contributed by atoms with Gasteiger partial charge in [-0.2, -0.15) is 0 Å². The maximum Gasteiger partial charge on any atom is 0.254 e. The number of rotatable bonds is 3. The van der Waals surface area contributed by atoms with Crippen LogP contribution in [-0.2, 0) is 6.54 Å². The molecule has 0 atom stereocenters. The first kappa shape index (κ1) is 13.4. The van der Waals surface area contributed by atoms with Gasteiger partial charge in [0.1, 0.15) is 17.2 Å². The molecule has 2 aromatic carbocycles. The fourth-order valence-electron chi connectivity index (χ4n) is 2.26. The minimum atomic E-state index is -0.419. The molecule has 1 amide bonds. The van der Waals surface area contributed by atoms with Crippen molar-refractivity contribution in [3.8, 4) is 0 Å². The van der Waals surface area contributed by atoms with E-state index in [2.05, 4.69) is 0 Å². The Labute approximate surface area is 121 Å². The number of nitrogens with zero attached hydrogens (tertiary/aromatic N) is 1. The summed E-state index contributed by atoms with van der Waals surface area (Å²) < 4.78 is 18.8. The van der Waals surface area contributed by atoms with Gasteiger partial charge in [-0.15, -0.1) is 0 Å². The summed E-state index contributed by atoms with van der Waals surface area (Å²) in [6.07, 6.45) is 0. The molecule has 0 unspecified atom stereocenters. The van der Waals surface area contributed by atoms with Crippen LogP contribution in [0.25, 0.3) is 11.0 Å². The zero-order valence-corrected chi connectivity index (χ0v) is 11.5. The molecule has 21 heavy (non-hydrogen) atoms. The molecule has 0 fully saturated rings. The Balaban J connectivity index is 1.79. The SMILES string of the molecule is CN(Cc1cc2ccccc2o1)C(=O)c1cccc(F)c1. The molecule has 0 saturated carbocycles. The zero-order valence-electron chi connectivity index (χ0n) is 11.5. The number of halogens is 1. The van der Waals surface area contributed by atoms with Gasteiger partial charge in [0.2, 0.25) is 0 Å². The van der Waals surface area contributed by atoms with Crippen LogP contribution in [0.3, 0.4) is 0 Å². The normalized spacial score (nSPS) is 10.8. The van der Waals surface area contributed by atoms with Gasteiger partial charge in [-0.25, -0.2) is 4.39 Å². The summed E-state index contributed by atoms with van der Waals surface area (Å²) in [6.45, 7) is 0.337. The maximum absolute atomic E-state index is 13.2. The Morgan fingerprint density at radius 3 is 2.71 bits per heavy atom. The third kappa shape index (κ3) is 2.79. The molecule has 1 aromatic heterocycles. The molecule has 3 rings (SSSR count). The Morgan fingerprint density at radius 1 is 1.14 bits per heavy atom. The van der Waals surface area contributed by atoms with Crippen LogP contribution in [0, 0.1) is 5.82 Å². The quantitative estimate of drug-likeness (QED) is 0.731. The summed E-state index contributed by atoms with van der Waals surface area (Å²) >= 11 is 0. The number of amides is 1. The molecule has 0 N–H and O–H groups in total. The number of carbonyl (C=O) groups is 1. The minimum Gasteiger partial charge on any atom is -0.459 e. The van der Waals surface area contributed by atoms with Crippen LogP contribution in [0.1, 0.15) is 16.1 Å². The smallest absolute Gasteiger partial charge is 0.254 e. The first-order valence-corrected chi connectivity index (χ1v) is 6.62. The second-order valence-electron chi connectivity index (χ2n) is 4.92. The summed E-state index contributed by atoms with van der Waals surface area (Å²) in [5.41, 5.74) is 1.12. The number of benzene rings is 2. The van der Waals surface area contributed by atoms with Crippen molar-refractivity contribution in [2.45, 2.75) is 6.54 Å². The lowest BCUT2D eigenvalue weighted by Gasteiger charge is -2.15. The van der Waals surface area contributed by atoms with Crippen LogP contribution in [0.5, 0.6) is 0 Å². The summed E-state index contributed by atoms with van der Waals surface area (Å²) in [4.78, 5) is 13.7. The summed E-state index contributed by atoms with van der Waals surface area (Å²) in [5.74, 6) is 0.0383. The van der Waals surface area contributed by atoms with Gasteiger partial charge in [-0.3, -0.25) is 4.79 Å². The fourth-order valence-corrected chi connectivity index (χ4v) is 2.26. The number of carbonyl (C=O) groups excluding carboxylic acids is 1. The average Bonchev–Trinajstić information content (AvgIpc) is 2.88. The van der Waals surface area contributed by atoms with Crippen molar-refractivity contribution in [3.63, 3.8) is 0 Å². The first-order chi connectivity index (χ1) is 10.1. The Bertz CT molecular complexity index is 761. The lowest BCUT2D eigenvalue weighted by molar-refractivity contribution is 0.0775. The van der Waals surface area contributed by atoms with Gasteiger partial charge in [0.25, 0.3) is 5.91 Å². The van der Waals surface area contributed by atoms with Gasteiger partial charge in [0, 0.05) is 18.0 Å². The van der Waals surface area contributed by atoms with Gasteiger partial charge in [-0.05, 0) is 30.3 Å². The highest BCUT2D eigenvalue weighted by Gasteiger charge is 2.14. The van der Waals surface area contributed by atoms with E-state index in [4.69, 9.17) is 4.42 Å². The first-order valence-electron chi connectivity index (χ1n) is 6.62. The van der Waals surface area contributed by atoms with E-state index in [9.17, 15) is 9.18 Å². The van der Waals surface area contributed by atoms with Gasteiger partial charge in [0.05, 0.1) is 6.54 Å². The molecule has 0 spiro atoms. The molecular formula is C17H14FNO2. The summed E-state index contributed by atoms with van der Waals surface area (Å²) in [6, 6.07) is 15.3. The highest BCUT2D eigenvalue weighted by atomic mass is 19.1. The molecule has 0 radical (unpaired) electrons. The van der Waals surface area contributed by atoms with Crippen molar-refractivity contribution < 1.29 is 13.6 Å². The van der Waals surface area contributed by atoms with Crippen molar-refractivity contribution in [2.24, 2.45) is 0 Å². The number of fused-ring (bicyclic) bond motifs is 1. The van der Waals surface area contributed by atoms with Gasteiger partial charge in [0.15, 0.2) is 0 Å². The minimum absolute atomic E-state index is 0.241. The van der Waals surface area contributed by atoms with E-state index in [0.717, 1.165) is 11.0 Å². The monoisotopic (exact) mass is 283 g/mol. The highest BCUT2D eigenvalue weighted by molar-refractivity contribution is 5.94. The Morgan fingerprint density at radius 2 is 1.95 bits per heavy atom. The summed E-state index contributed by atoms with van der Waals surface area (Å²) in [7, 11) is 1.67. The number of hydrogen-bond acceptors (Lipinski definition) is 2. The molecule has 0 aliphatic carbocycles. The van der Waals surface area contributed by atoms with Crippen molar-refractivity contribution >= 4 is 16.9 Å². The van der Waals surface area contributed by atoms with Crippen molar-refractivity contribution in [2.75, 3.05) is 7.05 Å². The molecular weight excluding hydrogens is 269 g/mol. The van der Waals surface area contributed by atoms with Crippen molar-refractivity contribution in [3.05, 3.63) is 71.7 Å². The third-order valence-corrected chi connectivity index (χ3v) is 3.29. The highest BCUT2D eigenvalue weighted by Crippen LogP contribution is 2.20. The Hall–Kier alpha value is -2.62. The van der Waals surface area contributed by atoms with Gasteiger partial charge < -0.3 is 9.32 Å². The van der Waals surface area contributed by atoms with Gasteiger partial charge in [-0.1, -0.05) is 24.3 Å². The predicted octanol–water partition coefficient (Wildman–Crippen LogP) is 3.84. The number of furan rings is 1. The molecule has 4 heteroatoms. The molecule has 0 aliphatic heterocycles. The number of para-hydroxylation sites is 1. The molecule has 3 aromatic rings. The lowest BCUT2D eigenvalue weighted by Crippen LogP contribution is -2.26. The van der Waals surface area contributed by atoms with Crippen molar-refractivity contribution in [1.29, 1.82) is 0 Å². The third-order valence-electron chi connectivity index (χ3n) is 3.29. The van der Waals surface area contributed by atoms with E-state index < -0.39 is 5.82 Å². The van der Waals surface area contributed by atoms with E-state index in [1.165, 1.54) is 23.1 Å². The van der Waals surface area contributed by atoms with E-state index in [1.807, 2.05) is 30.3 Å². The topological polar surface area (TPSA) is 33.5 Å². The molecule has 1 heterocycles. The molecule has 0 bridgehead atoms. The second-order valence-corrected chi connectivity index (χ2v) is 4.92. The van der Waals surface area contributed by atoms with Crippen LogP contribution < -0.4 is 0 Å². The summed E-state index contributed by atoms with van der Waals surface area (Å²) in [5, 5.41) is 0.999. The lowest BCUT2D eigenvalue weighted by atomic mass is 10.2.